The maximum atomic E-state index is 11.6. The van der Waals surface area contributed by atoms with Gasteiger partial charge in [-0.15, -0.1) is 0 Å². The zero-order chi connectivity index (χ0) is 11.3. The number of carbonyl (C=O) groups is 1. The van der Waals surface area contributed by atoms with Gasteiger partial charge in [0.15, 0.2) is 0 Å². The van der Waals surface area contributed by atoms with Crippen LogP contribution in [-0.2, 0) is 9.47 Å². The summed E-state index contributed by atoms with van der Waals surface area (Å²) >= 11 is 0. The first-order chi connectivity index (χ1) is 7.03. The van der Waals surface area contributed by atoms with Crippen LogP contribution in [0.4, 0.5) is 4.79 Å². The molecule has 0 spiro atoms. The van der Waals surface area contributed by atoms with Crippen LogP contribution in [0.15, 0.2) is 0 Å². The zero-order valence-electron chi connectivity index (χ0n) is 9.63. The number of carbonyl (C=O) groups excluding carboxylic acids is 1. The molecule has 88 valence electrons. The first kappa shape index (κ1) is 12.3. The summed E-state index contributed by atoms with van der Waals surface area (Å²) in [6.07, 6.45) is 0.887. The minimum atomic E-state index is -0.349. The molecule has 1 rings (SSSR count). The molecule has 1 saturated heterocycles. The molecule has 15 heavy (non-hydrogen) atoms. The highest BCUT2D eigenvalue weighted by Crippen LogP contribution is 2.05. The van der Waals surface area contributed by atoms with E-state index < -0.39 is 0 Å². The van der Waals surface area contributed by atoms with E-state index in [9.17, 15) is 4.79 Å². The second-order valence-corrected chi connectivity index (χ2v) is 4.48. The molecule has 1 heterocycles. The van der Waals surface area contributed by atoms with Crippen molar-refractivity contribution < 1.29 is 14.3 Å². The summed E-state index contributed by atoms with van der Waals surface area (Å²) < 4.78 is 10.2. The molecule has 5 heteroatoms. The number of nitrogens with one attached hydrogen (secondary N) is 2. The lowest BCUT2D eigenvalue weighted by molar-refractivity contribution is 0.130. The summed E-state index contributed by atoms with van der Waals surface area (Å²) in [7, 11) is 1.62. The van der Waals surface area contributed by atoms with E-state index in [1.165, 1.54) is 0 Å². The Hall–Kier alpha value is -0.810. The highest BCUT2D eigenvalue weighted by molar-refractivity contribution is 5.75. The molecule has 1 fully saturated rings. The van der Waals surface area contributed by atoms with Crippen molar-refractivity contribution in [3.05, 3.63) is 0 Å². The lowest BCUT2D eigenvalue weighted by Crippen LogP contribution is -2.53. The number of rotatable bonds is 4. The van der Waals surface area contributed by atoms with E-state index in [4.69, 9.17) is 9.47 Å². The lowest BCUT2D eigenvalue weighted by Gasteiger charge is -2.26. The van der Waals surface area contributed by atoms with E-state index in [0.717, 1.165) is 13.0 Å². The fourth-order valence-corrected chi connectivity index (χ4v) is 1.57. The Morgan fingerprint density at radius 3 is 2.87 bits per heavy atom. The van der Waals surface area contributed by atoms with E-state index >= 15 is 0 Å². The van der Waals surface area contributed by atoms with Gasteiger partial charge in [0, 0.05) is 13.7 Å². The fraction of sp³-hybridized carbons (Fsp3) is 0.900. The standard InChI is InChI=1S/C10H20N2O3/c1-10(2,7-14-3)12-9(13)11-8-4-5-15-6-8/h8H,4-7H2,1-3H3,(H2,11,12,13). The number of amides is 2. The molecule has 1 unspecified atom stereocenters. The van der Waals surface area contributed by atoms with Gasteiger partial charge in [0.1, 0.15) is 0 Å². The number of urea groups is 1. The molecule has 1 atom stereocenters. The average molecular weight is 216 g/mol. The Morgan fingerprint density at radius 2 is 2.33 bits per heavy atom. The van der Waals surface area contributed by atoms with Crippen molar-refractivity contribution in [3.63, 3.8) is 0 Å². The van der Waals surface area contributed by atoms with Crippen LogP contribution in [0.1, 0.15) is 20.3 Å². The van der Waals surface area contributed by atoms with Crippen LogP contribution in [0.25, 0.3) is 0 Å². The van der Waals surface area contributed by atoms with E-state index in [1.54, 1.807) is 7.11 Å². The summed E-state index contributed by atoms with van der Waals surface area (Å²) in [5.74, 6) is 0. The molecule has 2 N–H and O–H groups in total. The van der Waals surface area contributed by atoms with Gasteiger partial charge >= 0.3 is 6.03 Å². The Morgan fingerprint density at radius 1 is 1.60 bits per heavy atom. The third-order valence-electron chi connectivity index (χ3n) is 2.22. The molecule has 5 nitrogen and oxygen atoms in total. The Kier molecular flexibility index (Phi) is 4.35. The number of methoxy groups -OCH3 is 1. The smallest absolute Gasteiger partial charge is 0.315 e. The molecular weight excluding hydrogens is 196 g/mol. The summed E-state index contributed by atoms with van der Waals surface area (Å²) in [5, 5.41) is 5.72. The van der Waals surface area contributed by atoms with Gasteiger partial charge in [-0.05, 0) is 20.3 Å². The van der Waals surface area contributed by atoms with E-state index in [0.29, 0.717) is 13.2 Å². The predicted octanol–water partition coefficient (Wildman–Crippen LogP) is 0.500. The van der Waals surface area contributed by atoms with E-state index in [2.05, 4.69) is 10.6 Å². The molecule has 0 aromatic carbocycles. The van der Waals surface area contributed by atoms with Gasteiger partial charge in [-0.3, -0.25) is 0 Å². The van der Waals surface area contributed by atoms with Gasteiger partial charge in [-0.2, -0.15) is 0 Å². The summed E-state index contributed by atoms with van der Waals surface area (Å²) in [6, 6.07) is -0.0177. The minimum Gasteiger partial charge on any atom is -0.382 e. The van der Waals surface area contributed by atoms with E-state index in [1.807, 2.05) is 13.8 Å². The normalized spacial score (nSPS) is 21.4. The Bertz CT molecular complexity index is 213. The number of hydrogen-bond donors (Lipinski definition) is 2. The molecule has 0 saturated carbocycles. The topological polar surface area (TPSA) is 59.6 Å². The molecule has 1 aliphatic heterocycles. The van der Waals surface area contributed by atoms with Gasteiger partial charge in [-0.25, -0.2) is 4.79 Å². The van der Waals surface area contributed by atoms with Crippen LogP contribution in [0.3, 0.4) is 0 Å². The van der Waals surface area contributed by atoms with Crippen molar-refractivity contribution >= 4 is 6.03 Å². The Labute approximate surface area is 90.5 Å². The monoisotopic (exact) mass is 216 g/mol. The number of ether oxygens (including phenoxy) is 2. The third kappa shape index (κ3) is 4.48. The van der Waals surface area contributed by atoms with Gasteiger partial charge in [-0.1, -0.05) is 0 Å². The molecular formula is C10H20N2O3. The highest BCUT2D eigenvalue weighted by atomic mass is 16.5. The highest BCUT2D eigenvalue weighted by Gasteiger charge is 2.23. The zero-order valence-corrected chi connectivity index (χ0v) is 9.63. The SMILES string of the molecule is COCC(C)(C)NC(=O)NC1CCOC1. The second kappa shape index (κ2) is 5.32. The van der Waals surface area contributed by atoms with Crippen molar-refractivity contribution in [2.24, 2.45) is 0 Å². The van der Waals surface area contributed by atoms with Gasteiger partial charge in [0.2, 0.25) is 0 Å². The minimum absolute atomic E-state index is 0.142. The summed E-state index contributed by atoms with van der Waals surface area (Å²) in [5.41, 5.74) is -0.349. The van der Waals surface area contributed by atoms with Gasteiger partial charge in [0.25, 0.3) is 0 Å². The fourth-order valence-electron chi connectivity index (χ4n) is 1.57. The molecule has 0 bridgehead atoms. The maximum Gasteiger partial charge on any atom is 0.315 e. The number of hydrogen-bond acceptors (Lipinski definition) is 3. The van der Waals surface area contributed by atoms with Crippen LogP contribution in [-0.4, -0.2) is 44.5 Å². The molecule has 1 aliphatic rings. The van der Waals surface area contributed by atoms with Crippen molar-refractivity contribution in [3.8, 4) is 0 Å². The van der Waals surface area contributed by atoms with Gasteiger partial charge in [0.05, 0.1) is 24.8 Å². The van der Waals surface area contributed by atoms with Crippen molar-refractivity contribution in [2.45, 2.75) is 31.8 Å². The van der Waals surface area contributed by atoms with Crippen LogP contribution in [0.2, 0.25) is 0 Å². The second-order valence-electron chi connectivity index (χ2n) is 4.48. The summed E-state index contributed by atoms with van der Waals surface area (Å²) in [6.45, 7) is 5.66. The molecule has 2 amide bonds. The van der Waals surface area contributed by atoms with Crippen LogP contribution < -0.4 is 10.6 Å². The molecule has 0 radical (unpaired) electrons. The quantitative estimate of drug-likeness (QED) is 0.719. The molecule has 0 aromatic heterocycles. The predicted molar refractivity (Wildman–Crippen MR) is 56.8 cm³/mol. The van der Waals surface area contributed by atoms with Crippen LogP contribution in [0, 0.1) is 0 Å². The average Bonchev–Trinajstić information content (AvgIpc) is 2.54. The summed E-state index contributed by atoms with van der Waals surface area (Å²) in [4.78, 5) is 11.6. The lowest BCUT2D eigenvalue weighted by atomic mass is 10.1. The Balaban J connectivity index is 2.27. The first-order valence-electron chi connectivity index (χ1n) is 5.19. The molecule has 0 aliphatic carbocycles. The molecule has 0 aromatic rings. The van der Waals surface area contributed by atoms with Gasteiger partial charge < -0.3 is 20.1 Å². The van der Waals surface area contributed by atoms with E-state index in [-0.39, 0.29) is 17.6 Å². The van der Waals surface area contributed by atoms with Crippen molar-refractivity contribution in [1.29, 1.82) is 0 Å². The van der Waals surface area contributed by atoms with Crippen molar-refractivity contribution in [2.75, 3.05) is 26.9 Å². The maximum absolute atomic E-state index is 11.6. The third-order valence-corrected chi connectivity index (χ3v) is 2.22. The van der Waals surface area contributed by atoms with Crippen LogP contribution >= 0.6 is 0 Å². The first-order valence-corrected chi connectivity index (χ1v) is 5.19. The van der Waals surface area contributed by atoms with Crippen LogP contribution in [0.5, 0.6) is 0 Å². The van der Waals surface area contributed by atoms with Crippen molar-refractivity contribution in [1.82, 2.24) is 10.6 Å². The largest absolute Gasteiger partial charge is 0.382 e.